The summed E-state index contributed by atoms with van der Waals surface area (Å²) in [4.78, 5) is 4.15. The summed E-state index contributed by atoms with van der Waals surface area (Å²) in [7, 11) is -1.81. The fourth-order valence-electron chi connectivity index (χ4n) is 5.22. The first-order valence-corrected chi connectivity index (χ1v) is 17.1. The normalized spacial score (nSPS) is 18.8. The zero-order valence-electron chi connectivity index (χ0n) is 24.8. The minimum Gasteiger partial charge on any atom is -0.482 e. The molecule has 41 heavy (non-hydrogen) atoms. The van der Waals surface area contributed by atoms with Gasteiger partial charge >= 0.3 is 0 Å². The van der Waals surface area contributed by atoms with E-state index in [1.54, 1.807) is 10.6 Å². The van der Waals surface area contributed by atoms with E-state index in [2.05, 4.69) is 60.3 Å². The van der Waals surface area contributed by atoms with Crippen LogP contribution in [-0.2, 0) is 4.43 Å². The van der Waals surface area contributed by atoms with Gasteiger partial charge in [-0.2, -0.15) is 10.4 Å². The molecule has 4 aromatic heterocycles. The van der Waals surface area contributed by atoms with Gasteiger partial charge in [-0.25, -0.2) is 13.6 Å². The maximum atomic E-state index is 13.4. The average molecular weight is 576 g/mol. The molecule has 9 nitrogen and oxygen atoms in total. The van der Waals surface area contributed by atoms with Crippen molar-refractivity contribution in [2.45, 2.75) is 96.7 Å². The van der Waals surface area contributed by atoms with Gasteiger partial charge in [0.2, 0.25) is 0 Å². The lowest BCUT2D eigenvalue weighted by Crippen LogP contribution is -2.44. The van der Waals surface area contributed by atoms with Crippen LogP contribution in [0.15, 0.2) is 36.8 Å². The van der Waals surface area contributed by atoms with Crippen LogP contribution in [0.2, 0.25) is 18.1 Å². The van der Waals surface area contributed by atoms with Crippen molar-refractivity contribution in [2.24, 2.45) is 0 Å². The molecule has 1 aliphatic rings. The molecule has 0 amide bonds. The molecule has 1 aliphatic carbocycles. The molecule has 1 fully saturated rings. The van der Waals surface area contributed by atoms with Crippen LogP contribution in [0.25, 0.3) is 16.8 Å². The number of nitriles is 1. The average Bonchev–Trinajstić information content (AvgIpc) is 3.52. The summed E-state index contributed by atoms with van der Waals surface area (Å²) in [6.45, 7) is 15.3. The second-order valence-electron chi connectivity index (χ2n) is 12.5. The van der Waals surface area contributed by atoms with E-state index < -0.39 is 20.2 Å². The number of hydrogen-bond acceptors (Lipinski definition) is 7. The van der Waals surface area contributed by atoms with Gasteiger partial charge in [-0.15, -0.1) is 5.10 Å². The molecular formula is C30H38FN7O2Si. The van der Waals surface area contributed by atoms with Crippen LogP contribution in [0, 0.1) is 24.1 Å². The molecule has 0 radical (unpaired) electrons. The number of aromatic nitrogens is 6. The number of halogens is 1. The summed E-state index contributed by atoms with van der Waals surface area (Å²) in [6, 6.07) is 7.25. The quantitative estimate of drug-likeness (QED) is 0.220. The molecule has 0 unspecified atom stereocenters. The summed E-state index contributed by atoms with van der Waals surface area (Å²) in [5, 5.41) is 23.4. The highest BCUT2D eigenvalue weighted by atomic mass is 28.4. The molecule has 0 saturated heterocycles. The lowest BCUT2D eigenvalue weighted by atomic mass is 9.93. The SMILES string of the molecule is Cc1c(-c2cc(O[C@H](C)c3ccc(F)cn3)c3c(C#N)cnn3c2)nnn1C1CCC(O[Si](C)(C)C(C)(C)C)CC1. The van der Waals surface area contributed by atoms with Gasteiger partial charge in [0.15, 0.2) is 8.32 Å². The Hall–Kier alpha value is -3.62. The Balaban J connectivity index is 1.39. The van der Waals surface area contributed by atoms with E-state index in [1.165, 1.54) is 12.3 Å². The van der Waals surface area contributed by atoms with Gasteiger partial charge < -0.3 is 9.16 Å². The Kier molecular flexibility index (Phi) is 7.74. The number of rotatable bonds is 7. The molecule has 4 aromatic rings. The molecule has 5 rings (SSSR count). The smallest absolute Gasteiger partial charge is 0.192 e. The highest BCUT2D eigenvalue weighted by Crippen LogP contribution is 2.41. The van der Waals surface area contributed by atoms with Crippen molar-refractivity contribution >= 4 is 13.8 Å². The molecule has 4 heterocycles. The first-order valence-electron chi connectivity index (χ1n) is 14.2. The van der Waals surface area contributed by atoms with Crippen molar-refractivity contribution in [3.8, 4) is 23.1 Å². The van der Waals surface area contributed by atoms with Gasteiger partial charge in [0.25, 0.3) is 0 Å². The van der Waals surface area contributed by atoms with Crippen molar-refractivity contribution in [2.75, 3.05) is 0 Å². The minimum atomic E-state index is -1.81. The van der Waals surface area contributed by atoms with E-state index in [9.17, 15) is 9.65 Å². The standard InChI is InChI=1S/C30H38FN7O2Si/c1-19-28(35-36-38(19)24-9-11-25(12-10-24)40-41(6,7)30(3,4)5)21-14-27(29-22(15-32)16-34-37(29)18-21)39-20(2)26-13-8-23(31)17-33-26/h8,13-14,16-18,20,24-25H,9-12H2,1-7H3/t20-,24?,25?/m1/s1. The maximum absolute atomic E-state index is 13.4. The van der Waals surface area contributed by atoms with Crippen LogP contribution in [0.5, 0.6) is 5.75 Å². The molecule has 0 aromatic carbocycles. The predicted octanol–water partition coefficient (Wildman–Crippen LogP) is 6.95. The van der Waals surface area contributed by atoms with Crippen molar-refractivity contribution in [3.63, 3.8) is 0 Å². The molecule has 216 valence electrons. The van der Waals surface area contributed by atoms with Gasteiger partial charge in [0, 0.05) is 17.9 Å². The van der Waals surface area contributed by atoms with E-state index in [0.717, 1.165) is 48.8 Å². The summed E-state index contributed by atoms with van der Waals surface area (Å²) in [5.41, 5.74) is 3.99. The van der Waals surface area contributed by atoms with Crippen LogP contribution in [0.4, 0.5) is 4.39 Å². The second-order valence-corrected chi connectivity index (χ2v) is 17.3. The van der Waals surface area contributed by atoms with E-state index in [0.29, 0.717) is 28.6 Å². The van der Waals surface area contributed by atoms with Crippen molar-refractivity contribution in [1.29, 1.82) is 5.26 Å². The molecule has 0 bridgehead atoms. The van der Waals surface area contributed by atoms with Crippen molar-refractivity contribution in [1.82, 2.24) is 29.6 Å². The molecule has 0 aliphatic heterocycles. The molecule has 1 atom stereocenters. The molecule has 0 spiro atoms. The summed E-state index contributed by atoms with van der Waals surface area (Å²) < 4.78 is 30.1. The Morgan fingerprint density at radius 2 is 1.88 bits per heavy atom. The Labute approximate surface area is 241 Å². The monoisotopic (exact) mass is 575 g/mol. The molecule has 11 heteroatoms. The van der Waals surface area contributed by atoms with Gasteiger partial charge in [-0.3, -0.25) is 4.98 Å². The van der Waals surface area contributed by atoms with Gasteiger partial charge in [-0.05, 0) is 75.9 Å². The van der Waals surface area contributed by atoms with Crippen LogP contribution >= 0.6 is 0 Å². The number of pyridine rings is 2. The largest absolute Gasteiger partial charge is 0.482 e. The topological polar surface area (TPSA) is 103 Å². The number of fused-ring (bicyclic) bond motifs is 1. The van der Waals surface area contributed by atoms with E-state index in [-0.39, 0.29) is 11.1 Å². The van der Waals surface area contributed by atoms with Crippen LogP contribution in [-0.4, -0.2) is 44.0 Å². The summed E-state index contributed by atoms with van der Waals surface area (Å²) in [6.07, 6.45) is 8.32. The van der Waals surface area contributed by atoms with Crippen LogP contribution < -0.4 is 4.74 Å². The van der Waals surface area contributed by atoms with Gasteiger partial charge in [0.1, 0.15) is 40.5 Å². The lowest BCUT2D eigenvalue weighted by Gasteiger charge is -2.41. The molecule has 1 saturated carbocycles. The minimum absolute atomic E-state index is 0.195. The summed E-state index contributed by atoms with van der Waals surface area (Å²) >= 11 is 0. The Morgan fingerprint density at radius 3 is 2.51 bits per heavy atom. The Bertz CT molecular complexity index is 1580. The second kappa shape index (κ2) is 11.0. The first-order chi connectivity index (χ1) is 19.4. The first kappa shape index (κ1) is 28.9. The zero-order valence-corrected chi connectivity index (χ0v) is 25.8. The highest BCUT2D eigenvalue weighted by molar-refractivity contribution is 6.74. The molecular weight excluding hydrogens is 537 g/mol. The Morgan fingerprint density at radius 1 is 1.15 bits per heavy atom. The third-order valence-electron chi connectivity index (χ3n) is 8.63. The number of hydrogen-bond donors (Lipinski definition) is 0. The van der Waals surface area contributed by atoms with Crippen molar-refractivity contribution in [3.05, 3.63) is 59.6 Å². The van der Waals surface area contributed by atoms with Gasteiger partial charge in [-0.1, -0.05) is 26.0 Å². The number of nitrogens with zero attached hydrogens (tertiary/aromatic N) is 7. The van der Waals surface area contributed by atoms with Crippen LogP contribution in [0.3, 0.4) is 0 Å². The highest BCUT2D eigenvalue weighted by Gasteiger charge is 2.40. The predicted molar refractivity (Wildman–Crippen MR) is 156 cm³/mol. The van der Waals surface area contributed by atoms with E-state index in [1.807, 2.05) is 30.8 Å². The third kappa shape index (κ3) is 5.76. The van der Waals surface area contributed by atoms with E-state index in [4.69, 9.17) is 9.16 Å². The fourth-order valence-corrected chi connectivity index (χ4v) is 6.64. The fraction of sp³-hybridized carbons (Fsp3) is 0.500. The lowest BCUT2D eigenvalue weighted by molar-refractivity contribution is 0.114. The van der Waals surface area contributed by atoms with Gasteiger partial charge in [0.05, 0.1) is 29.8 Å². The third-order valence-corrected chi connectivity index (χ3v) is 13.2. The molecule has 0 N–H and O–H groups in total. The van der Waals surface area contributed by atoms with E-state index >= 15 is 0 Å². The van der Waals surface area contributed by atoms with Crippen LogP contribution in [0.1, 0.15) is 82.5 Å². The number of ether oxygens (including phenoxy) is 1. The zero-order chi connectivity index (χ0) is 29.5. The summed E-state index contributed by atoms with van der Waals surface area (Å²) in [5.74, 6) is 0.0514. The maximum Gasteiger partial charge on any atom is 0.192 e. The van der Waals surface area contributed by atoms with Crippen molar-refractivity contribution < 1.29 is 13.6 Å².